The van der Waals surface area contributed by atoms with E-state index in [1.165, 1.54) is 16.3 Å². The van der Waals surface area contributed by atoms with Crippen LogP contribution in [-0.4, -0.2) is 68.8 Å². The van der Waals surface area contributed by atoms with Gasteiger partial charge in [0.1, 0.15) is 6.42 Å². The summed E-state index contributed by atoms with van der Waals surface area (Å²) in [5, 5.41) is 0. The van der Waals surface area contributed by atoms with Crippen molar-refractivity contribution in [3.05, 3.63) is 0 Å². The number of carbonyl (C=O) groups excluding carboxylic acids is 2. The molecule has 0 bridgehead atoms. The molecule has 2 aliphatic rings. The van der Waals surface area contributed by atoms with E-state index in [2.05, 4.69) is 9.46 Å². The molecule has 102 valence electrons. The zero-order valence-corrected chi connectivity index (χ0v) is 10.8. The van der Waals surface area contributed by atoms with Crippen molar-refractivity contribution in [2.24, 2.45) is 0 Å². The van der Waals surface area contributed by atoms with Crippen LogP contribution in [0, 0.1) is 0 Å². The first-order valence-electron chi connectivity index (χ1n) is 5.55. The summed E-state index contributed by atoms with van der Waals surface area (Å²) in [6.07, 6.45) is -0.302. The average Bonchev–Trinajstić information content (AvgIpc) is 2.65. The quantitative estimate of drug-likeness (QED) is 0.461. The lowest BCUT2D eigenvalue weighted by Gasteiger charge is -2.35. The number of carbonyl (C=O) groups is 2. The van der Waals surface area contributed by atoms with E-state index in [0.717, 1.165) is 0 Å². The highest BCUT2D eigenvalue weighted by Gasteiger charge is 2.41. The second kappa shape index (κ2) is 4.82. The Morgan fingerprint density at radius 1 is 1.39 bits per heavy atom. The molecule has 1 unspecified atom stereocenters. The van der Waals surface area contributed by atoms with Gasteiger partial charge in [-0.1, -0.05) is 0 Å². The summed E-state index contributed by atoms with van der Waals surface area (Å²) >= 11 is 0. The molecule has 0 aliphatic carbocycles. The number of piperazine rings is 1. The standard InChI is InChI=1S/C9H15N3O5S/c1-17-9(14)4-8(13)11-2-3-12-7(6-11)5-10-18(12,15)16/h7,10H,2-6H2,1H3. The second-order valence-electron chi connectivity index (χ2n) is 4.21. The van der Waals surface area contributed by atoms with E-state index in [1.807, 2.05) is 0 Å². The van der Waals surface area contributed by atoms with Crippen LogP contribution in [0.2, 0.25) is 0 Å². The van der Waals surface area contributed by atoms with Crippen molar-refractivity contribution < 1.29 is 22.7 Å². The molecule has 0 aromatic carbocycles. The van der Waals surface area contributed by atoms with Crippen LogP contribution < -0.4 is 4.72 Å². The number of fused-ring (bicyclic) bond motifs is 1. The molecule has 0 spiro atoms. The third kappa shape index (κ3) is 2.47. The van der Waals surface area contributed by atoms with Gasteiger partial charge in [-0.2, -0.15) is 12.7 Å². The highest BCUT2D eigenvalue weighted by molar-refractivity contribution is 7.87. The summed E-state index contributed by atoms with van der Waals surface area (Å²) in [4.78, 5) is 24.3. The molecule has 2 heterocycles. The van der Waals surface area contributed by atoms with Gasteiger partial charge in [0, 0.05) is 26.2 Å². The molecule has 2 saturated heterocycles. The van der Waals surface area contributed by atoms with Gasteiger partial charge < -0.3 is 9.64 Å². The topological polar surface area (TPSA) is 96.0 Å². The lowest BCUT2D eigenvalue weighted by molar-refractivity contribution is -0.147. The van der Waals surface area contributed by atoms with E-state index in [0.29, 0.717) is 19.6 Å². The third-order valence-corrected chi connectivity index (χ3v) is 4.74. The lowest BCUT2D eigenvalue weighted by Crippen LogP contribution is -2.54. The van der Waals surface area contributed by atoms with Crippen molar-refractivity contribution >= 4 is 22.1 Å². The van der Waals surface area contributed by atoms with E-state index in [9.17, 15) is 18.0 Å². The van der Waals surface area contributed by atoms with Crippen LogP contribution in [-0.2, 0) is 24.5 Å². The number of amides is 1. The number of rotatable bonds is 2. The van der Waals surface area contributed by atoms with Crippen LogP contribution in [0.5, 0.6) is 0 Å². The Labute approximate surface area is 105 Å². The van der Waals surface area contributed by atoms with E-state index < -0.39 is 16.2 Å². The fourth-order valence-corrected chi connectivity index (χ4v) is 3.56. The van der Waals surface area contributed by atoms with Crippen molar-refractivity contribution in [1.29, 1.82) is 0 Å². The summed E-state index contributed by atoms with van der Waals surface area (Å²) < 4.78 is 31.3. The highest BCUT2D eigenvalue weighted by Crippen LogP contribution is 2.18. The van der Waals surface area contributed by atoms with Crippen molar-refractivity contribution in [2.45, 2.75) is 12.5 Å². The Bertz CT molecular complexity index is 463. The predicted molar refractivity (Wildman–Crippen MR) is 60.6 cm³/mol. The first kappa shape index (κ1) is 13.2. The van der Waals surface area contributed by atoms with Gasteiger partial charge in [0.2, 0.25) is 5.91 Å². The summed E-state index contributed by atoms with van der Waals surface area (Å²) in [6, 6.07) is -0.245. The average molecular weight is 277 g/mol. The summed E-state index contributed by atoms with van der Waals surface area (Å²) in [5.74, 6) is -0.912. The number of esters is 1. The van der Waals surface area contributed by atoms with Crippen molar-refractivity contribution in [3.63, 3.8) is 0 Å². The number of hydrogen-bond donors (Lipinski definition) is 1. The van der Waals surface area contributed by atoms with Gasteiger partial charge >= 0.3 is 5.97 Å². The maximum atomic E-state index is 11.8. The molecule has 1 amide bonds. The maximum absolute atomic E-state index is 11.8. The van der Waals surface area contributed by atoms with Gasteiger partial charge in [0.15, 0.2) is 0 Å². The fraction of sp³-hybridized carbons (Fsp3) is 0.778. The number of nitrogens with one attached hydrogen (secondary N) is 1. The Morgan fingerprint density at radius 3 is 2.78 bits per heavy atom. The second-order valence-corrected chi connectivity index (χ2v) is 5.92. The van der Waals surface area contributed by atoms with E-state index in [-0.39, 0.29) is 24.9 Å². The molecule has 1 atom stereocenters. The zero-order chi connectivity index (χ0) is 13.3. The van der Waals surface area contributed by atoms with Crippen LogP contribution in [0.15, 0.2) is 0 Å². The number of ether oxygens (including phenoxy) is 1. The van der Waals surface area contributed by atoms with Gasteiger partial charge in [0.05, 0.1) is 13.2 Å². The van der Waals surface area contributed by atoms with Gasteiger partial charge in [-0.3, -0.25) is 9.59 Å². The van der Waals surface area contributed by atoms with Crippen molar-refractivity contribution in [3.8, 4) is 0 Å². The molecule has 0 saturated carbocycles. The minimum atomic E-state index is -3.37. The number of nitrogens with zero attached hydrogens (tertiary/aromatic N) is 2. The molecular formula is C9H15N3O5S. The fourth-order valence-electron chi connectivity index (χ4n) is 2.14. The lowest BCUT2D eigenvalue weighted by atomic mass is 10.2. The monoisotopic (exact) mass is 277 g/mol. The summed E-state index contributed by atoms with van der Waals surface area (Å²) in [7, 11) is -2.15. The van der Waals surface area contributed by atoms with E-state index >= 15 is 0 Å². The van der Waals surface area contributed by atoms with Crippen molar-refractivity contribution in [2.75, 3.05) is 33.3 Å². The molecule has 9 heteroatoms. The third-order valence-electron chi connectivity index (χ3n) is 3.11. The van der Waals surface area contributed by atoms with E-state index in [1.54, 1.807) is 0 Å². The highest BCUT2D eigenvalue weighted by atomic mass is 32.2. The van der Waals surface area contributed by atoms with Gasteiger partial charge in [-0.25, -0.2) is 4.72 Å². The molecule has 0 aromatic heterocycles. The Balaban J connectivity index is 1.96. The number of hydrogen-bond acceptors (Lipinski definition) is 5. The minimum absolute atomic E-state index is 0.245. The van der Waals surface area contributed by atoms with Crippen LogP contribution in [0.4, 0.5) is 0 Å². The van der Waals surface area contributed by atoms with Gasteiger partial charge in [-0.05, 0) is 0 Å². The first-order valence-corrected chi connectivity index (χ1v) is 6.99. The summed E-state index contributed by atoms with van der Waals surface area (Å²) in [6.45, 7) is 1.16. The first-order chi connectivity index (χ1) is 8.44. The van der Waals surface area contributed by atoms with Crippen LogP contribution in [0.1, 0.15) is 6.42 Å². The molecule has 0 aromatic rings. The molecule has 2 rings (SSSR count). The Kier molecular flexibility index (Phi) is 3.55. The smallest absolute Gasteiger partial charge is 0.315 e. The van der Waals surface area contributed by atoms with Crippen LogP contribution >= 0.6 is 0 Å². The molecular weight excluding hydrogens is 262 g/mol. The number of methoxy groups -OCH3 is 1. The normalized spacial score (nSPS) is 26.7. The van der Waals surface area contributed by atoms with Crippen molar-refractivity contribution in [1.82, 2.24) is 13.9 Å². The van der Waals surface area contributed by atoms with Crippen LogP contribution in [0.25, 0.3) is 0 Å². The molecule has 2 aliphatic heterocycles. The van der Waals surface area contributed by atoms with Gasteiger partial charge in [-0.15, -0.1) is 0 Å². The maximum Gasteiger partial charge on any atom is 0.315 e. The van der Waals surface area contributed by atoms with E-state index in [4.69, 9.17) is 0 Å². The minimum Gasteiger partial charge on any atom is -0.469 e. The molecule has 1 N–H and O–H groups in total. The zero-order valence-electron chi connectivity index (χ0n) is 9.96. The molecule has 8 nitrogen and oxygen atoms in total. The Morgan fingerprint density at radius 2 is 2.11 bits per heavy atom. The van der Waals surface area contributed by atoms with Crippen LogP contribution in [0.3, 0.4) is 0 Å². The molecule has 0 radical (unpaired) electrons. The largest absolute Gasteiger partial charge is 0.469 e. The molecule has 18 heavy (non-hydrogen) atoms. The Hall–Kier alpha value is -1.19. The predicted octanol–water partition coefficient (Wildman–Crippen LogP) is -2.09. The SMILES string of the molecule is COC(=O)CC(=O)N1CCN2C(CNS2(=O)=O)C1. The molecule has 2 fully saturated rings. The van der Waals surface area contributed by atoms with Gasteiger partial charge in [0.25, 0.3) is 10.2 Å². The summed E-state index contributed by atoms with van der Waals surface area (Å²) in [5.41, 5.74) is 0.